The van der Waals surface area contributed by atoms with Crippen LogP contribution in [0.4, 0.5) is 18.0 Å². The summed E-state index contributed by atoms with van der Waals surface area (Å²) < 4.78 is 56.4. The molecule has 4 heterocycles. The van der Waals surface area contributed by atoms with Crippen LogP contribution >= 0.6 is 23.5 Å². The van der Waals surface area contributed by atoms with Crippen molar-refractivity contribution in [3.63, 3.8) is 0 Å². The second kappa shape index (κ2) is 16.5. The van der Waals surface area contributed by atoms with E-state index in [9.17, 15) is 22.8 Å². The first kappa shape index (κ1) is 40.3. The highest BCUT2D eigenvalue weighted by atomic mass is 35.5. The van der Waals surface area contributed by atoms with Gasteiger partial charge in [-0.05, 0) is 97.3 Å². The van der Waals surface area contributed by atoms with Crippen molar-refractivity contribution in [1.82, 2.24) is 34.2 Å². The molecule has 16 heteroatoms. The molecule has 3 aromatic heterocycles. The quantitative estimate of drug-likeness (QED) is 0.105. The Bertz CT molecular complexity index is 1640. The average molecular weight is 756 g/mol. The first-order valence-corrected chi connectivity index (χ1v) is 18.6. The van der Waals surface area contributed by atoms with E-state index in [0.717, 1.165) is 44.2 Å². The Balaban J connectivity index is 0.00000286. The number of nitrogens with zero attached hydrogens (tertiary/aromatic N) is 6. The monoisotopic (exact) mass is 755 g/mol. The molecule has 1 atom stereocenters. The van der Waals surface area contributed by atoms with Crippen molar-refractivity contribution in [2.24, 2.45) is 11.3 Å². The first-order chi connectivity index (χ1) is 23.9. The van der Waals surface area contributed by atoms with E-state index in [1.807, 2.05) is 56.5 Å². The van der Waals surface area contributed by atoms with Crippen LogP contribution in [0.3, 0.4) is 0 Å². The van der Waals surface area contributed by atoms with Gasteiger partial charge < -0.3 is 14.4 Å². The number of carbonyl (C=O) groups excluding carboxylic acids is 2. The van der Waals surface area contributed by atoms with Crippen molar-refractivity contribution >= 4 is 35.5 Å². The van der Waals surface area contributed by atoms with Crippen LogP contribution in [0.2, 0.25) is 5.15 Å². The minimum Gasteiger partial charge on any atom is -0.477 e. The van der Waals surface area contributed by atoms with Crippen molar-refractivity contribution in [2.75, 3.05) is 13.2 Å². The zero-order chi connectivity index (χ0) is 37.6. The van der Waals surface area contributed by atoms with E-state index < -0.39 is 23.1 Å². The number of hydrogen-bond donors (Lipinski definition) is 1. The summed E-state index contributed by atoms with van der Waals surface area (Å²) in [4.78, 5) is 31.6. The molecule has 1 saturated heterocycles. The molecule has 0 radical (unpaired) electrons. The highest BCUT2D eigenvalue weighted by Gasteiger charge is 2.62. The highest BCUT2D eigenvalue weighted by molar-refractivity contribution is 7.97. The van der Waals surface area contributed by atoms with Crippen LogP contribution < -0.4 is 9.46 Å². The van der Waals surface area contributed by atoms with Crippen LogP contribution in [0.15, 0.2) is 41.7 Å². The zero-order valence-electron chi connectivity index (χ0n) is 30.3. The van der Waals surface area contributed by atoms with Crippen molar-refractivity contribution in [1.29, 1.82) is 0 Å². The van der Waals surface area contributed by atoms with Crippen LogP contribution in [0.5, 0.6) is 5.88 Å². The molecule has 11 nitrogen and oxygen atoms in total. The number of carbonyl (C=O) groups is 2. The average Bonchev–Trinajstić information content (AvgIpc) is 3.34. The molecule has 1 aliphatic carbocycles. The maximum absolute atomic E-state index is 13.1. The first-order valence-electron chi connectivity index (χ1n) is 17.4. The fourth-order valence-corrected chi connectivity index (χ4v) is 6.83. The van der Waals surface area contributed by atoms with Crippen LogP contribution in [-0.2, 0) is 11.3 Å². The number of hydrogen-bond acceptors (Lipinski definition) is 8. The maximum Gasteiger partial charge on any atom is 0.410 e. The SMILES string of the molecule is CC.CC(C)(C)OC(=O)N1CC(CCCCn2ccc(SNC(=O)c3ccc(-n4ccc(OCCC5(C(F)(F)F)CC5)n4)nc3Cl)n2)CC1(C)C. The van der Waals surface area contributed by atoms with Gasteiger partial charge in [0.15, 0.2) is 5.82 Å². The number of aryl methyl sites for hydroxylation is 1. The summed E-state index contributed by atoms with van der Waals surface area (Å²) in [6, 6.07) is 6.41. The predicted molar refractivity (Wildman–Crippen MR) is 190 cm³/mol. The lowest BCUT2D eigenvalue weighted by molar-refractivity contribution is -0.190. The fourth-order valence-electron chi connectivity index (χ4n) is 6.01. The van der Waals surface area contributed by atoms with Gasteiger partial charge in [-0.1, -0.05) is 31.9 Å². The second-order valence-electron chi connectivity index (χ2n) is 14.4. The number of likely N-dealkylation sites (tertiary alicyclic amines) is 1. The molecule has 3 aromatic rings. The smallest absolute Gasteiger partial charge is 0.410 e. The minimum atomic E-state index is -4.23. The molecule has 0 spiro atoms. The number of ether oxygens (including phenoxy) is 2. The molecule has 2 amide bonds. The largest absolute Gasteiger partial charge is 0.477 e. The van der Waals surface area contributed by atoms with E-state index in [1.54, 1.807) is 12.3 Å². The molecule has 5 rings (SSSR count). The normalized spacial score (nSPS) is 17.8. The van der Waals surface area contributed by atoms with Gasteiger partial charge in [-0.2, -0.15) is 18.3 Å². The molecule has 51 heavy (non-hydrogen) atoms. The predicted octanol–water partition coefficient (Wildman–Crippen LogP) is 8.90. The van der Waals surface area contributed by atoms with Crippen LogP contribution in [0.25, 0.3) is 5.82 Å². The van der Waals surface area contributed by atoms with Crippen LogP contribution in [-0.4, -0.2) is 71.9 Å². The Labute approximate surface area is 307 Å². The summed E-state index contributed by atoms with van der Waals surface area (Å²) >= 11 is 7.39. The standard InChI is InChI=1S/C33H43ClF3N7O4S.C2H6/c1-30(2,3)48-29(46)43-21-22(20-31(43,4)5)8-6-7-16-42-17-12-26(40-42)49-41-28(45)23-9-10-24(38-27(23)34)44-18-11-25(39-44)47-19-15-32(13-14-32)33(35,36)37;1-2/h9-12,17-18,22H,6-8,13-16,19-21H2,1-5H3,(H,41,45);1-2H3. The lowest BCUT2D eigenvalue weighted by Crippen LogP contribution is -2.45. The Hall–Kier alpha value is -3.46. The van der Waals surface area contributed by atoms with Gasteiger partial charge in [0.25, 0.3) is 5.91 Å². The minimum absolute atomic E-state index is 0.0418. The topological polar surface area (TPSA) is 116 Å². The maximum atomic E-state index is 13.1. The van der Waals surface area contributed by atoms with Gasteiger partial charge in [0.1, 0.15) is 15.8 Å². The Morgan fingerprint density at radius 3 is 2.43 bits per heavy atom. The molecule has 282 valence electrons. The number of amides is 2. The Morgan fingerprint density at radius 2 is 1.78 bits per heavy atom. The summed E-state index contributed by atoms with van der Waals surface area (Å²) in [5, 5.41) is 9.32. The number of rotatable bonds is 13. The molecule has 1 unspecified atom stereocenters. The summed E-state index contributed by atoms with van der Waals surface area (Å²) in [5.41, 5.74) is -2.24. The number of halogens is 4. The molecular weight excluding hydrogens is 707 g/mol. The zero-order valence-corrected chi connectivity index (χ0v) is 31.9. The molecule has 0 aromatic carbocycles. The third kappa shape index (κ3) is 10.8. The highest BCUT2D eigenvalue weighted by Crippen LogP contribution is 2.59. The van der Waals surface area contributed by atoms with E-state index >= 15 is 0 Å². The van der Waals surface area contributed by atoms with Crippen molar-refractivity contribution in [3.8, 4) is 11.7 Å². The van der Waals surface area contributed by atoms with Crippen LogP contribution in [0.1, 0.15) is 104 Å². The van der Waals surface area contributed by atoms with Gasteiger partial charge >= 0.3 is 12.3 Å². The van der Waals surface area contributed by atoms with E-state index in [2.05, 4.69) is 33.8 Å². The number of nitrogens with one attached hydrogen (secondary N) is 1. The summed E-state index contributed by atoms with van der Waals surface area (Å²) in [6.45, 7) is 15.1. The summed E-state index contributed by atoms with van der Waals surface area (Å²) in [7, 11) is 0. The lowest BCUT2D eigenvalue weighted by Gasteiger charge is -2.33. The van der Waals surface area contributed by atoms with Gasteiger partial charge in [-0.25, -0.2) is 14.5 Å². The van der Waals surface area contributed by atoms with E-state index in [-0.39, 0.29) is 54.1 Å². The lowest BCUT2D eigenvalue weighted by atomic mass is 9.93. The van der Waals surface area contributed by atoms with Crippen molar-refractivity contribution < 1.29 is 32.2 Å². The summed E-state index contributed by atoms with van der Waals surface area (Å²) in [6.07, 6.45) is 2.94. The van der Waals surface area contributed by atoms with Gasteiger partial charge in [-0.3, -0.25) is 14.2 Å². The van der Waals surface area contributed by atoms with E-state index in [1.165, 1.54) is 16.8 Å². The van der Waals surface area contributed by atoms with E-state index in [4.69, 9.17) is 21.1 Å². The molecule has 1 aliphatic heterocycles. The van der Waals surface area contributed by atoms with E-state index in [0.29, 0.717) is 23.3 Å². The second-order valence-corrected chi connectivity index (χ2v) is 15.6. The molecular formula is C35H49ClF3N7O4S. The summed E-state index contributed by atoms with van der Waals surface area (Å²) in [5.74, 6) is 0.445. The number of pyridine rings is 1. The Morgan fingerprint density at radius 1 is 1.06 bits per heavy atom. The number of alkyl halides is 3. The number of unbranched alkanes of at least 4 members (excludes halogenated alkanes) is 1. The van der Waals surface area contributed by atoms with Gasteiger partial charge in [0.2, 0.25) is 5.88 Å². The molecule has 0 bridgehead atoms. The fraction of sp³-hybridized carbons (Fsp3) is 0.629. The van der Waals surface area contributed by atoms with Crippen LogP contribution in [0, 0.1) is 11.3 Å². The third-order valence-electron chi connectivity index (χ3n) is 8.85. The third-order valence-corrected chi connectivity index (χ3v) is 9.85. The van der Waals surface area contributed by atoms with Gasteiger partial charge in [0, 0.05) is 49.0 Å². The molecule has 1 N–H and O–H groups in total. The van der Waals surface area contributed by atoms with Gasteiger partial charge in [-0.15, -0.1) is 5.10 Å². The molecule has 1 saturated carbocycles. The molecule has 2 aliphatic rings. The van der Waals surface area contributed by atoms with Crippen molar-refractivity contribution in [2.45, 2.75) is 122 Å². The molecule has 2 fully saturated rings. The van der Waals surface area contributed by atoms with Crippen molar-refractivity contribution in [3.05, 3.63) is 47.4 Å². The number of aromatic nitrogens is 5. The Kier molecular flexibility index (Phi) is 13.0. The van der Waals surface area contributed by atoms with Gasteiger partial charge in [0.05, 0.1) is 17.6 Å².